The maximum Gasteiger partial charge on any atom is 0.270 e. The summed E-state index contributed by atoms with van der Waals surface area (Å²) in [6.45, 7) is 2.65. The first-order chi connectivity index (χ1) is 14.6. The van der Waals surface area contributed by atoms with Crippen LogP contribution in [0.4, 0.5) is 0 Å². The summed E-state index contributed by atoms with van der Waals surface area (Å²) in [4.78, 5) is 19.8. The number of aryl methyl sites for hydroxylation is 1. The fraction of sp³-hybridized carbons (Fsp3) is 0.409. The van der Waals surface area contributed by atoms with Crippen LogP contribution in [0.1, 0.15) is 41.4 Å². The van der Waals surface area contributed by atoms with Crippen molar-refractivity contribution >= 4 is 17.2 Å². The summed E-state index contributed by atoms with van der Waals surface area (Å²) < 4.78 is 7.03. The summed E-state index contributed by atoms with van der Waals surface area (Å²) in [5, 5.41) is 9.89. The maximum atomic E-state index is 12.8. The number of ether oxygens (including phenoxy) is 1. The third-order valence-corrected chi connectivity index (χ3v) is 6.37. The van der Waals surface area contributed by atoms with Crippen molar-refractivity contribution < 1.29 is 9.53 Å². The molecule has 4 rings (SSSR count). The number of carbonyl (C=O) groups excluding carboxylic acids is 1. The van der Waals surface area contributed by atoms with Crippen molar-refractivity contribution in [3.05, 3.63) is 53.3 Å². The second-order valence-corrected chi connectivity index (χ2v) is 8.39. The number of aromatic nitrogens is 3. The van der Waals surface area contributed by atoms with Gasteiger partial charge in [-0.25, -0.2) is 4.98 Å². The van der Waals surface area contributed by atoms with Crippen LogP contribution < -0.4 is 10.1 Å². The Morgan fingerprint density at radius 1 is 1.23 bits per heavy atom. The van der Waals surface area contributed by atoms with E-state index in [9.17, 15) is 4.79 Å². The van der Waals surface area contributed by atoms with E-state index in [1.165, 1.54) is 36.2 Å². The molecular formula is C22H27N5O2S. The van der Waals surface area contributed by atoms with E-state index < -0.39 is 0 Å². The molecule has 1 amide bonds. The zero-order valence-electron chi connectivity index (χ0n) is 17.4. The van der Waals surface area contributed by atoms with Gasteiger partial charge in [0.25, 0.3) is 5.91 Å². The minimum atomic E-state index is -0.142. The number of methoxy groups -OCH3 is 1. The maximum absolute atomic E-state index is 12.8. The molecule has 30 heavy (non-hydrogen) atoms. The number of nitrogens with zero attached hydrogens (tertiary/aromatic N) is 4. The molecule has 1 fully saturated rings. The van der Waals surface area contributed by atoms with E-state index in [2.05, 4.69) is 32.4 Å². The first-order valence-electron chi connectivity index (χ1n) is 10.2. The number of amides is 1. The van der Waals surface area contributed by atoms with Crippen LogP contribution in [0, 0.1) is 0 Å². The molecule has 1 aromatic carbocycles. The lowest BCUT2D eigenvalue weighted by atomic mass is 10.0. The molecule has 2 aromatic heterocycles. The molecule has 7 nitrogen and oxygen atoms in total. The molecule has 1 saturated heterocycles. The molecule has 158 valence electrons. The van der Waals surface area contributed by atoms with Crippen LogP contribution in [0.2, 0.25) is 0 Å². The molecule has 3 heterocycles. The number of hydrogen-bond donors (Lipinski definition) is 1. The van der Waals surface area contributed by atoms with Crippen LogP contribution in [0.3, 0.4) is 0 Å². The van der Waals surface area contributed by atoms with E-state index in [0.29, 0.717) is 12.2 Å². The third-order valence-electron chi connectivity index (χ3n) is 5.48. The van der Waals surface area contributed by atoms with Crippen molar-refractivity contribution in [2.75, 3.05) is 26.7 Å². The molecule has 0 aliphatic carbocycles. The quantitative estimate of drug-likeness (QED) is 0.627. The predicted molar refractivity (Wildman–Crippen MR) is 118 cm³/mol. The summed E-state index contributed by atoms with van der Waals surface area (Å²) in [6.07, 6.45) is 7.32. The molecular weight excluding hydrogens is 398 g/mol. The van der Waals surface area contributed by atoms with Crippen molar-refractivity contribution in [1.82, 2.24) is 25.0 Å². The van der Waals surface area contributed by atoms with Gasteiger partial charge >= 0.3 is 0 Å². The highest BCUT2D eigenvalue weighted by Crippen LogP contribution is 2.26. The Balaban J connectivity index is 1.46. The number of nitrogens with one attached hydrogen (secondary N) is 1. The lowest BCUT2D eigenvalue weighted by molar-refractivity contribution is 0.0920. The van der Waals surface area contributed by atoms with Gasteiger partial charge in [-0.3, -0.25) is 14.4 Å². The minimum Gasteiger partial charge on any atom is -0.497 e. The van der Waals surface area contributed by atoms with Crippen LogP contribution in [0.5, 0.6) is 5.75 Å². The van der Waals surface area contributed by atoms with E-state index in [1.54, 1.807) is 23.4 Å². The molecule has 8 heteroatoms. The number of likely N-dealkylation sites (tertiary alicyclic amines) is 1. The zero-order chi connectivity index (χ0) is 20.9. The third kappa shape index (κ3) is 4.71. The molecule has 1 N–H and O–H groups in total. The first kappa shape index (κ1) is 20.6. The van der Waals surface area contributed by atoms with Gasteiger partial charge in [-0.15, -0.1) is 11.3 Å². The Kier molecular flexibility index (Phi) is 6.44. The Labute approximate surface area is 180 Å². The van der Waals surface area contributed by atoms with E-state index in [4.69, 9.17) is 4.74 Å². The number of piperidine rings is 1. The number of benzene rings is 1. The van der Waals surface area contributed by atoms with E-state index in [-0.39, 0.29) is 11.9 Å². The summed E-state index contributed by atoms with van der Waals surface area (Å²) >= 11 is 1.46. The van der Waals surface area contributed by atoms with Crippen molar-refractivity contribution in [3.8, 4) is 16.3 Å². The van der Waals surface area contributed by atoms with Crippen molar-refractivity contribution in [3.63, 3.8) is 0 Å². The van der Waals surface area contributed by atoms with Crippen LogP contribution in [0.15, 0.2) is 42.0 Å². The van der Waals surface area contributed by atoms with Crippen molar-refractivity contribution in [2.24, 2.45) is 7.05 Å². The van der Waals surface area contributed by atoms with Crippen LogP contribution in [0.25, 0.3) is 10.6 Å². The van der Waals surface area contributed by atoms with Gasteiger partial charge in [-0.2, -0.15) is 5.10 Å². The molecule has 0 spiro atoms. The average molecular weight is 426 g/mol. The van der Waals surface area contributed by atoms with Gasteiger partial charge in [-0.1, -0.05) is 18.6 Å². The number of rotatable bonds is 7. The Morgan fingerprint density at radius 3 is 2.67 bits per heavy atom. The highest BCUT2D eigenvalue weighted by atomic mass is 32.1. The van der Waals surface area contributed by atoms with Gasteiger partial charge in [0.05, 0.1) is 19.3 Å². The molecule has 0 saturated carbocycles. The Morgan fingerprint density at radius 2 is 2.00 bits per heavy atom. The second-order valence-electron chi connectivity index (χ2n) is 7.54. The molecule has 0 bridgehead atoms. The molecule has 3 aromatic rings. The van der Waals surface area contributed by atoms with Crippen LogP contribution in [-0.4, -0.2) is 52.3 Å². The van der Waals surface area contributed by atoms with E-state index >= 15 is 0 Å². The fourth-order valence-corrected chi connectivity index (χ4v) is 4.61. The monoisotopic (exact) mass is 425 g/mol. The van der Waals surface area contributed by atoms with Gasteiger partial charge in [0.15, 0.2) is 0 Å². The van der Waals surface area contributed by atoms with Gasteiger partial charge in [0.2, 0.25) is 0 Å². The Hall–Kier alpha value is -2.71. The summed E-state index contributed by atoms with van der Waals surface area (Å²) in [7, 11) is 3.54. The lowest BCUT2D eigenvalue weighted by Gasteiger charge is -2.35. The summed E-state index contributed by atoms with van der Waals surface area (Å²) in [5.74, 6) is 0.697. The van der Waals surface area contributed by atoms with Gasteiger partial charge in [0.1, 0.15) is 16.5 Å². The highest BCUT2D eigenvalue weighted by molar-refractivity contribution is 7.13. The Bertz CT molecular complexity index is 976. The van der Waals surface area contributed by atoms with E-state index in [0.717, 1.165) is 29.4 Å². The molecule has 0 unspecified atom stereocenters. The van der Waals surface area contributed by atoms with Gasteiger partial charge in [0, 0.05) is 30.7 Å². The number of thiazole rings is 1. The van der Waals surface area contributed by atoms with Crippen molar-refractivity contribution in [2.45, 2.75) is 25.3 Å². The van der Waals surface area contributed by atoms with Crippen molar-refractivity contribution in [1.29, 1.82) is 0 Å². The fourth-order valence-electron chi connectivity index (χ4n) is 3.84. The lowest BCUT2D eigenvalue weighted by Crippen LogP contribution is -2.40. The van der Waals surface area contributed by atoms with E-state index in [1.807, 2.05) is 25.4 Å². The highest BCUT2D eigenvalue weighted by Gasteiger charge is 2.23. The largest absolute Gasteiger partial charge is 0.497 e. The second kappa shape index (κ2) is 9.40. The molecule has 1 aliphatic rings. The number of carbonyl (C=O) groups is 1. The average Bonchev–Trinajstić information content (AvgIpc) is 3.44. The van der Waals surface area contributed by atoms with Crippen LogP contribution >= 0.6 is 11.3 Å². The number of hydrogen-bond acceptors (Lipinski definition) is 6. The van der Waals surface area contributed by atoms with Gasteiger partial charge < -0.3 is 10.1 Å². The molecule has 1 aliphatic heterocycles. The van der Waals surface area contributed by atoms with Gasteiger partial charge in [-0.05, 0) is 43.6 Å². The summed E-state index contributed by atoms with van der Waals surface area (Å²) in [5.41, 5.74) is 2.56. The summed E-state index contributed by atoms with van der Waals surface area (Å²) in [6, 6.07) is 8.28. The zero-order valence-corrected chi connectivity index (χ0v) is 18.2. The minimum absolute atomic E-state index is 0.136. The topological polar surface area (TPSA) is 72.3 Å². The normalized spacial score (nSPS) is 15.7. The molecule has 0 radical (unpaired) electrons. The predicted octanol–water partition coefficient (Wildman–Crippen LogP) is 3.51. The smallest absolute Gasteiger partial charge is 0.270 e. The SMILES string of the molecule is COc1ccc([C@H](CNC(=O)c2csc(-c3cnn(C)c3)n2)N2CCCCC2)cc1. The first-order valence-corrected chi connectivity index (χ1v) is 11.1. The standard InChI is InChI=1S/C22H27N5O2S/c1-26-14-17(12-24-26)22-25-19(15-30-22)21(28)23-13-20(27-10-4-3-5-11-27)16-6-8-18(29-2)9-7-16/h6-9,12,14-15,20H,3-5,10-11,13H2,1-2H3,(H,23,28)/t20-/m0/s1. The van der Waals surface area contributed by atoms with Crippen LogP contribution in [-0.2, 0) is 7.05 Å². The molecule has 1 atom stereocenters.